The molecule has 0 aliphatic heterocycles. The third-order valence-corrected chi connectivity index (χ3v) is 1.38. The predicted octanol–water partition coefficient (Wildman–Crippen LogP) is -0.307. The molecule has 0 saturated heterocycles. The summed E-state index contributed by atoms with van der Waals surface area (Å²) in [4.78, 5) is 10.4. The first kappa shape index (κ1) is 8.43. The molecule has 9 heavy (non-hydrogen) atoms. The van der Waals surface area contributed by atoms with Crippen LogP contribution in [0.15, 0.2) is 0 Å². The number of carbonyl (C=O) groups is 1. The van der Waals surface area contributed by atoms with Gasteiger partial charge in [0.05, 0.1) is 0 Å². The van der Waals surface area contributed by atoms with Crippen LogP contribution in [0, 0.1) is 12.8 Å². The lowest BCUT2D eigenvalue weighted by Gasteiger charge is -2.22. The van der Waals surface area contributed by atoms with Crippen molar-refractivity contribution in [2.24, 2.45) is 11.7 Å². The minimum atomic E-state index is -1.61. The van der Waals surface area contributed by atoms with Gasteiger partial charge in [0.25, 0.3) is 0 Å². The van der Waals surface area contributed by atoms with E-state index < -0.39 is 11.5 Å². The van der Waals surface area contributed by atoms with E-state index in [4.69, 9.17) is 10.8 Å². The van der Waals surface area contributed by atoms with E-state index in [0.717, 1.165) is 0 Å². The molecule has 0 aliphatic rings. The third-order valence-electron chi connectivity index (χ3n) is 1.38. The summed E-state index contributed by atoms with van der Waals surface area (Å²) in [5, 5.41) is 9.08. The third kappa shape index (κ3) is 1.68. The second-order valence-electron chi connectivity index (χ2n) is 2.44. The highest BCUT2D eigenvalue weighted by Gasteiger charge is 2.31. The Morgan fingerprint density at radius 1 is 1.78 bits per heavy atom. The van der Waals surface area contributed by atoms with E-state index in [-0.39, 0.29) is 5.92 Å². The summed E-state index contributed by atoms with van der Waals surface area (Å²) in [5.74, 6) is -1.02. The van der Waals surface area contributed by atoms with Gasteiger partial charge in [-0.05, 0) is 12.8 Å². The van der Waals surface area contributed by atoms with Crippen LogP contribution in [0.5, 0.6) is 0 Å². The van der Waals surface area contributed by atoms with Gasteiger partial charge in [-0.2, -0.15) is 0 Å². The molecule has 0 aromatic rings. The Kier molecular flexibility index (Phi) is 2.20. The van der Waals surface area contributed by atoms with Crippen LogP contribution in [-0.2, 0) is 4.79 Å². The van der Waals surface area contributed by atoms with Crippen LogP contribution in [0.25, 0.3) is 0 Å². The molecule has 0 fully saturated rings. The lowest BCUT2D eigenvalue weighted by atomic mass is 9.92. The lowest BCUT2D eigenvalue weighted by molar-refractivity contribution is -0.135. The van der Waals surface area contributed by atoms with E-state index in [9.17, 15) is 4.79 Å². The first-order valence-corrected chi connectivity index (χ1v) is 2.76. The van der Waals surface area contributed by atoms with E-state index in [1.807, 2.05) is 0 Å². The summed E-state index contributed by atoms with van der Waals surface area (Å²) in [6, 6.07) is 0. The van der Waals surface area contributed by atoms with E-state index in [1.165, 1.54) is 0 Å². The average molecular weight is 130 g/mol. The van der Waals surface area contributed by atoms with Gasteiger partial charge in [0.15, 0.2) is 0 Å². The topological polar surface area (TPSA) is 63.3 Å². The molecule has 0 heterocycles. The molecule has 0 bridgehead atoms. The van der Waals surface area contributed by atoms with E-state index in [2.05, 4.69) is 6.92 Å². The molecule has 3 N–H and O–H groups in total. The van der Waals surface area contributed by atoms with Crippen LogP contribution in [0.2, 0.25) is 0 Å². The Labute approximate surface area is 54.9 Å². The molecule has 1 atom stereocenters. The molecule has 0 rings (SSSR count). The van der Waals surface area contributed by atoms with Crippen molar-refractivity contribution in [3.05, 3.63) is 6.92 Å². The van der Waals surface area contributed by atoms with Crippen LogP contribution < -0.4 is 5.73 Å². The van der Waals surface area contributed by atoms with Crippen molar-refractivity contribution >= 4 is 5.91 Å². The van der Waals surface area contributed by atoms with Crippen molar-refractivity contribution in [1.29, 1.82) is 0 Å². The smallest absolute Gasteiger partial charge is 0.249 e. The minimum Gasteiger partial charge on any atom is -0.380 e. The quantitative estimate of drug-likeness (QED) is 0.538. The second kappa shape index (κ2) is 2.35. The van der Waals surface area contributed by atoms with E-state index in [0.29, 0.717) is 0 Å². The highest BCUT2D eigenvalue weighted by atomic mass is 16.3. The molecule has 3 nitrogen and oxygen atoms in total. The van der Waals surface area contributed by atoms with Gasteiger partial charge in [-0.1, -0.05) is 13.8 Å². The molecule has 3 heteroatoms. The molecule has 1 amide bonds. The maximum atomic E-state index is 10.4. The number of hydrogen-bond acceptors (Lipinski definition) is 2. The summed E-state index contributed by atoms with van der Waals surface area (Å²) in [6.45, 7) is 6.61. The Morgan fingerprint density at radius 2 is 2.11 bits per heavy atom. The summed E-state index contributed by atoms with van der Waals surface area (Å²) in [7, 11) is 0. The van der Waals surface area contributed by atoms with Crippen molar-refractivity contribution in [1.82, 2.24) is 0 Å². The first-order chi connectivity index (χ1) is 3.89. The van der Waals surface area contributed by atoms with Crippen molar-refractivity contribution in [3.63, 3.8) is 0 Å². The molecule has 0 aromatic carbocycles. The average Bonchev–Trinajstić information content (AvgIpc) is 1.65. The fourth-order valence-electron chi connectivity index (χ4n) is 0.285. The SMILES string of the molecule is [CH2]C(O)(C(N)=O)C(C)C. The second-order valence-corrected chi connectivity index (χ2v) is 2.44. The van der Waals surface area contributed by atoms with Crippen LogP contribution in [0.4, 0.5) is 0 Å². The van der Waals surface area contributed by atoms with Crippen LogP contribution in [-0.4, -0.2) is 16.6 Å². The number of primary amides is 1. The van der Waals surface area contributed by atoms with Gasteiger partial charge in [-0.3, -0.25) is 4.79 Å². The number of carbonyl (C=O) groups excluding carboxylic acids is 1. The maximum Gasteiger partial charge on any atom is 0.249 e. The molecule has 0 aliphatic carbocycles. The molecule has 0 saturated carbocycles. The first-order valence-electron chi connectivity index (χ1n) is 2.76. The molecule has 1 radical (unpaired) electrons. The van der Waals surface area contributed by atoms with Crippen molar-refractivity contribution < 1.29 is 9.90 Å². The molecular formula is C6H12NO2. The van der Waals surface area contributed by atoms with Crippen molar-refractivity contribution in [2.75, 3.05) is 0 Å². The Balaban J connectivity index is 4.19. The van der Waals surface area contributed by atoms with E-state index >= 15 is 0 Å². The molecule has 53 valence electrons. The monoisotopic (exact) mass is 130 g/mol. The summed E-state index contributed by atoms with van der Waals surface area (Å²) < 4.78 is 0. The highest BCUT2D eigenvalue weighted by Crippen LogP contribution is 2.13. The standard InChI is InChI=1S/C6H12NO2/c1-4(2)6(3,9)5(7)8/h4,9H,3H2,1-2H3,(H2,7,8). The number of aliphatic hydroxyl groups is 1. The largest absolute Gasteiger partial charge is 0.380 e. The van der Waals surface area contributed by atoms with Gasteiger partial charge < -0.3 is 10.8 Å². The zero-order valence-electron chi connectivity index (χ0n) is 5.72. The van der Waals surface area contributed by atoms with Gasteiger partial charge >= 0.3 is 0 Å². The fourth-order valence-corrected chi connectivity index (χ4v) is 0.285. The Hall–Kier alpha value is -0.570. The number of hydrogen-bond donors (Lipinski definition) is 2. The summed E-state index contributed by atoms with van der Waals surface area (Å²) >= 11 is 0. The van der Waals surface area contributed by atoms with Gasteiger partial charge in [0.1, 0.15) is 5.60 Å². The Morgan fingerprint density at radius 3 is 2.11 bits per heavy atom. The number of rotatable bonds is 2. The van der Waals surface area contributed by atoms with E-state index in [1.54, 1.807) is 13.8 Å². The predicted molar refractivity (Wildman–Crippen MR) is 34.3 cm³/mol. The van der Waals surface area contributed by atoms with Crippen molar-refractivity contribution in [3.8, 4) is 0 Å². The van der Waals surface area contributed by atoms with Crippen LogP contribution in [0.3, 0.4) is 0 Å². The minimum absolute atomic E-state index is 0.241. The summed E-state index contributed by atoms with van der Waals surface area (Å²) in [5.41, 5.74) is 3.21. The van der Waals surface area contributed by atoms with Crippen LogP contribution in [0.1, 0.15) is 13.8 Å². The lowest BCUT2D eigenvalue weighted by Crippen LogP contribution is -2.45. The van der Waals surface area contributed by atoms with Gasteiger partial charge in [-0.15, -0.1) is 0 Å². The zero-order chi connectivity index (χ0) is 7.65. The number of amides is 1. The highest BCUT2D eigenvalue weighted by molar-refractivity contribution is 5.84. The normalized spacial score (nSPS) is 17.4. The van der Waals surface area contributed by atoms with Gasteiger partial charge in [0, 0.05) is 0 Å². The Bertz CT molecular complexity index is 118. The molecular weight excluding hydrogens is 118 g/mol. The molecule has 0 aromatic heterocycles. The zero-order valence-corrected chi connectivity index (χ0v) is 5.72. The van der Waals surface area contributed by atoms with Gasteiger partial charge in [0.2, 0.25) is 5.91 Å². The molecule has 0 spiro atoms. The summed E-state index contributed by atoms with van der Waals surface area (Å²) in [6.07, 6.45) is 0. The van der Waals surface area contributed by atoms with Crippen molar-refractivity contribution in [2.45, 2.75) is 19.4 Å². The number of nitrogens with two attached hydrogens (primary N) is 1. The maximum absolute atomic E-state index is 10.4. The van der Waals surface area contributed by atoms with Gasteiger partial charge in [-0.25, -0.2) is 0 Å². The molecule has 1 unspecified atom stereocenters. The van der Waals surface area contributed by atoms with Crippen LogP contribution >= 0.6 is 0 Å². The fraction of sp³-hybridized carbons (Fsp3) is 0.667.